The fraction of sp³-hybridized carbons (Fsp3) is 0.125. The van der Waals surface area contributed by atoms with Gasteiger partial charge in [0.15, 0.2) is 0 Å². The molecular formula is C8H9BN2O. The number of benzene rings is 1. The summed E-state index contributed by atoms with van der Waals surface area (Å²) in [6.07, 6.45) is 0. The standard InChI is InChI=1S/C8H9BN2O/c1-10-7-4-2-3-6(5-7)8(12)11-9/h2-5,10H,1H3,(H,11,12). The molecule has 1 rings (SSSR count). The minimum atomic E-state index is -0.285. The lowest BCUT2D eigenvalue weighted by Crippen LogP contribution is -2.19. The molecule has 0 aliphatic carbocycles. The fourth-order valence-electron chi connectivity index (χ4n) is 0.899. The zero-order chi connectivity index (χ0) is 8.97. The molecule has 1 aromatic rings. The summed E-state index contributed by atoms with van der Waals surface area (Å²) in [7, 11) is 6.77. The van der Waals surface area contributed by atoms with Crippen LogP contribution in [0.2, 0.25) is 0 Å². The Labute approximate surface area is 72.6 Å². The lowest BCUT2D eigenvalue weighted by atomic mass is 10.1. The van der Waals surface area contributed by atoms with Crippen molar-refractivity contribution in [3.8, 4) is 0 Å². The molecule has 0 aliphatic rings. The number of carbonyl (C=O) groups is 1. The smallest absolute Gasteiger partial charge is 0.238 e. The molecule has 0 heterocycles. The first-order valence-corrected chi connectivity index (χ1v) is 3.56. The summed E-state index contributed by atoms with van der Waals surface area (Å²) < 4.78 is 0. The number of nitrogens with one attached hydrogen (secondary N) is 2. The first kappa shape index (κ1) is 8.65. The van der Waals surface area contributed by atoms with Crippen molar-refractivity contribution in [1.29, 1.82) is 0 Å². The van der Waals surface area contributed by atoms with E-state index < -0.39 is 0 Å². The summed E-state index contributed by atoms with van der Waals surface area (Å²) in [5.41, 5.74) is 1.43. The molecule has 3 nitrogen and oxygen atoms in total. The zero-order valence-electron chi connectivity index (χ0n) is 6.79. The predicted molar refractivity (Wildman–Crippen MR) is 49.2 cm³/mol. The molecule has 0 saturated heterocycles. The van der Waals surface area contributed by atoms with E-state index >= 15 is 0 Å². The maximum atomic E-state index is 11.0. The van der Waals surface area contributed by atoms with E-state index in [1.165, 1.54) is 0 Å². The van der Waals surface area contributed by atoms with Gasteiger partial charge in [-0.15, -0.1) is 0 Å². The zero-order valence-corrected chi connectivity index (χ0v) is 6.79. The van der Waals surface area contributed by atoms with Crippen molar-refractivity contribution in [2.45, 2.75) is 0 Å². The van der Waals surface area contributed by atoms with Gasteiger partial charge < -0.3 is 10.5 Å². The van der Waals surface area contributed by atoms with E-state index in [9.17, 15) is 4.79 Å². The van der Waals surface area contributed by atoms with Crippen molar-refractivity contribution < 1.29 is 4.79 Å². The van der Waals surface area contributed by atoms with Crippen LogP contribution in [0.1, 0.15) is 10.4 Å². The van der Waals surface area contributed by atoms with Crippen molar-refractivity contribution in [3.63, 3.8) is 0 Å². The summed E-state index contributed by atoms with van der Waals surface area (Å²) in [6, 6.07) is 7.08. The van der Waals surface area contributed by atoms with Gasteiger partial charge in [0.05, 0.1) is 0 Å². The number of anilines is 1. The predicted octanol–water partition coefficient (Wildman–Crippen LogP) is 0.542. The van der Waals surface area contributed by atoms with Gasteiger partial charge in [-0.1, -0.05) is 6.07 Å². The quantitative estimate of drug-likeness (QED) is 0.620. The Morgan fingerprint density at radius 1 is 1.50 bits per heavy atom. The highest BCUT2D eigenvalue weighted by Crippen LogP contribution is 2.08. The van der Waals surface area contributed by atoms with E-state index in [-0.39, 0.29) is 5.91 Å². The number of amides is 1. The number of hydrogen-bond donors (Lipinski definition) is 2. The molecule has 0 saturated carbocycles. The van der Waals surface area contributed by atoms with Crippen molar-refractivity contribution in [2.24, 2.45) is 0 Å². The highest BCUT2D eigenvalue weighted by molar-refractivity contribution is 6.18. The SMILES string of the molecule is [B]NC(=O)c1cccc(NC)c1. The third-order valence-corrected chi connectivity index (χ3v) is 1.54. The minimum absolute atomic E-state index is 0.285. The molecule has 2 radical (unpaired) electrons. The Bertz CT molecular complexity index is 288. The molecule has 0 aliphatic heterocycles. The Morgan fingerprint density at radius 2 is 2.25 bits per heavy atom. The molecule has 0 spiro atoms. The largest absolute Gasteiger partial charge is 0.405 e. The van der Waals surface area contributed by atoms with Gasteiger partial charge in [0.1, 0.15) is 0 Å². The lowest BCUT2D eigenvalue weighted by molar-refractivity contribution is 0.0981. The highest BCUT2D eigenvalue weighted by atomic mass is 16.1. The van der Waals surface area contributed by atoms with E-state index in [2.05, 4.69) is 10.5 Å². The van der Waals surface area contributed by atoms with Crippen LogP contribution in [0.3, 0.4) is 0 Å². The van der Waals surface area contributed by atoms with E-state index in [0.29, 0.717) is 5.56 Å². The molecule has 0 unspecified atom stereocenters. The van der Waals surface area contributed by atoms with Crippen LogP contribution in [0.25, 0.3) is 0 Å². The number of hydrogen-bond acceptors (Lipinski definition) is 2. The molecular weight excluding hydrogens is 151 g/mol. The Balaban J connectivity index is 2.93. The van der Waals surface area contributed by atoms with Crippen LogP contribution >= 0.6 is 0 Å². The number of rotatable bonds is 2. The lowest BCUT2D eigenvalue weighted by Gasteiger charge is -2.02. The van der Waals surface area contributed by atoms with Gasteiger partial charge in [-0.05, 0) is 18.2 Å². The van der Waals surface area contributed by atoms with E-state index in [4.69, 9.17) is 7.98 Å². The molecule has 2 N–H and O–H groups in total. The van der Waals surface area contributed by atoms with Gasteiger partial charge in [-0.2, -0.15) is 0 Å². The molecule has 60 valence electrons. The van der Waals surface area contributed by atoms with Crippen LogP contribution in [0, 0.1) is 0 Å². The molecule has 12 heavy (non-hydrogen) atoms. The Morgan fingerprint density at radius 3 is 2.83 bits per heavy atom. The Hall–Kier alpha value is -1.45. The van der Waals surface area contributed by atoms with Gasteiger partial charge in [-0.3, -0.25) is 4.79 Å². The minimum Gasteiger partial charge on any atom is -0.405 e. The first-order chi connectivity index (χ1) is 5.77. The third kappa shape index (κ3) is 1.78. The fourth-order valence-corrected chi connectivity index (χ4v) is 0.899. The van der Waals surface area contributed by atoms with Gasteiger partial charge in [-0.25, -0.2) is 0 Å². The molecule has 1 aromatic carbocycles. The second-order valence-electron chi connectivity index (χ2n) is 2.30. The summed E-state index contributed by atoms with van der Waals surface area (Å²) in [4.78, 5) is 11.0. The van der Waals surface area contributed by atoms with Crippen LogP contribution in [-0.2, 0) is 0 Å². The maximum Gasteiger partial charge on any atom is 0.238 e. The molecule has 4 heteroatoms. The normalized spacial score (nSPS) is 9.08. The molecule has 0 bridgehead atoms. The number of carbonyl (C=O) groups excluding carboxylic acids is 1. The Kier molecular flexibility index (Phi) is 2.74. The molecule has 0 fully saturated rings. The van der Waals surface area contributed by atoms with E-state index in [0.717, 1.165) is 5.69 Å². The van der Waals surface area contributed by atoms with Crippen molar-refractivity contribution in [2.75, 3.05) is 12.4 Å². The van der Waals surface area contributed by atoms with Crippen LogP contribution in [0.4, 0.5) is 5.69 Å². The second kappa shape index (κ2) is 3.81. The molecule has 0 atom stereocenters. The van der Waals surface area contributed by atoms with Crippen LogP contribution in [0.5, 0.6) is 0 Å². The van der Waals surface area contributed by atoms with Crippen molar-refractivity contribution in [1.82, 2.24) is 5.23 Å². The molecule has 1 amide bonds. The maximum absolute atomic E-state index is 11.0. The first-order valence-electron chi connectivity index (χ1n) is 3.56. The third-order valence-electron chi connectivity index (χ3n) is 1.54. The summed E-state index contributed by atoms with van der Waals surface area (Å²) >= 11 is 0. The van der Waals surface area contributed by atoms with Crippen LogP contribution in [0.15, 0.2) is 24.3 Å². The topological polar surface area (TPSA) is 41.1 Å². The average molecular weight is 160 g/mol. The molecule has 0 aromatic heterocycles. The monoisotopic (exact) mass is 160 g/mol. The highest BCUT2D eigenvalue weighted by Gasteiger charge is 2.01. The summed E-state index contributed by atoms with van der Waals surface area (Å²) in [5, 5.41) is 4.99. The van der Waals surface area contributed by atoms with Gasteiger partial charge in [0, 0.05) is 18.3 Å². The second-order valence-corrected chi connectivity index (χ2v) is 2.30. The van der Waals surface area contributed by atoms with Gasteiger partial charge in [0.25, 0.3) is 0 Å². The summed E-state index contributed by atoms with van der Waals surface area (Å²) in [5.74, 6) is -0.285. The average Bonchev–Trinajstić information content (AvgIpc) is 2.17. The van der Waals surface area contributed by atoms with Crippen LogP contribution < -0.4 is 10.5 Å². The van der Waals surface area contributed by atoms with Crippen molar-refractivity contribution >= 4 is 19.6 Å². The van der Waals surface area contributed by atoms with E-state index in [1.54, 1.807) is 25.2 Å². The van der Waals surface area contributed by atoms with Gasteiger partial charge in [0.2, 0.25) is 13.9 Å². The van der Waals surface area contributed by atoms with E-state index in [1.807, 2.05) is 6.07 Å². The summed E-state index contributed by atoms with van der Waals surface area (Å²) in [6.45, 7) is 0. The van der Waals surface area contributed by atoms with Crippen LogP contribution in [-0.4, -0.2) is 20.9 Å². The van der Waals surface area contributed by atoms with Crippen molar-refractivity contribution in [3.05, 3.63) is 29.8 Å². The van der Waals surface area contributed by atoms with Gasteiger partial charge >= 0.3 is 0 Å².